The van der Waals surface area contributed by atoms with Gasteiger partial charge in [-0.3, -0.25) is 0 Å². The second kappa shape index (κ2) is 9.32. The van der Waals surface area contributed by atoms with Crippen LogP contribution in [0.1, 0.15) is 27.9 Å². The molecule has 0 spiro atoms. The number of carbonyl (C=O) groups excluding carboxylic acids is 1. The van der Waals surface area contributed by atoms with Crippen molar-refractivity contribution in [3.05, 3.63) is 81.5 Å². The van der Waals surface area contributed by atoms with Gasteiger partial charge in [0.1, 0.15) is 18.0 Å². The van der Waals surface area contributed by atoms with Gasteiger partial charge in [0.25, 0.3) is 0 Å². The lowest BCUT2D eigenvalue weighted by Gasteiger charge is -2.28. The molecule has 2 amide bonds. The van der Waals surface area contributed by atoms with E-state index in [-0.39, 0.29) is 11.1 Å². The summed E-state index contributed by atoms with van der Waals surface area (Å²) >= 11 is 5.87. The SMILES string of the molecule is Cc1ccc(/C=N/NC(=O)N2CCc3ncnc(Nc4ccc(F)c(Cl)c4)c3C2)cc1C. The number of nitrogens with one attached hydrogen (secondary N) is 2. The Labute approximate surface area is 190 Å². The average Bonchev–Trinajstić information content (AvgIpc) is 2.78. The summed E-state index contributed by atoms with van der Waals surface area (Å²) in [5.41, 5.74) is 8.11. The normalized spacial score (nSPS) is 13.2. The fraction of sp³-hybridized carbons (Fsp3) is 0.217. The zero-order valence-corrected chi connectivity index (χ0v) is 18.4. The molecule has 2 aromatic carbocycles. The molecule has 9 heteroatoms. The fourth-order valence-electron chi connectivity index (χ4n) is 3.41. The van der Waals surface area contributed by atoms with E-state index in [9.17, 15) is 9.18 Å². The molecule has 3 aromatic rings. The zero-order valence-electron chi connectivity index (χ0n) is 17.7. The van der Waals surface area contributed by atoms with Crippen LogP contribution >= 0.6 is 11.6 Å². The van der Waals surface area contributed by atoms with Crippen LogP contribution in [-0.4, -0.2) is 33.7 Å². The Morgan fingerprint density at radius 1 is 1.19 bits per heavy atom. The predicted octanol–water partition coefficient (Wildman–Crippen LogP) is 4.73. The van der Waals surface area contributed by atoms with E-state index in [4.69, 9.17) is 11.6 Å². The van der Waals surface area contributed by atoms with Gasteiger partial charge in [0.2, 0.25) is 0 Å². The summed E-state index contributed by atoms with van der Waals surface area (Å²) in [6, 6.07) is 10.0. The third-order valence-electron chi connectivity index (χ3n) is 5.38. The number of nitrogens with zero attached hydrogens (tertiary/aromatic N) is 4. The molecule has 0 saturated carbocycles. The third kappa shape index (κ3) is 4.86. The smallest absolute Gasteiger partial charge is 0.338 e. The first-order chi connectivity index (χ1) is 15.4. The Bertz CT molecular complexity index is 1200. The number of amides is 2. The lowest BCUT2D eigenvalue weighted by molar-refractivity contribution is 0.192. The van der Waals surface area contributed by atoms with Crippen molar-refractivity contribution < 1.29 is 9.18 Å². The number of hydrazone groups is 1. The van der Waals surface area contributed by atoms with Crippen molar-refractivity contribution in [2.75, 3.05) is 11.9 Å². The van der Waals surface area contributed by atoms with Gasteiger partial charge in [-0.1, -0.05) is 29.8 Å². The van der Waals surface area contributed by atoms with Crippen LogP contribution in [0.5, 0.6) is 0 Å². The van der Waals surface area contributed by atoms with E-state index in [1.54, 1.807) is 17.2 Å². The first-order valence-electron chi connectivity index (χ1n) is 10.1. The van der Waals surface area contributed by atoms with Crippen molar-refractivity contribution in [2.45, 2.75) is 26.8 Å². The van der Waals surface area contributed by atoms with Gasteiger partial charge in [-0.15, -0.1) is 0 Å². The Hall–Kier alpha value is -3.52. The van der Waals surface area contributed by atoms with Crippen molar-refractivity contribution in [3.8, 4) is 0 Å². The monoisotopic (exact) mass is 452 g/mol. The Morgan fingerprint density at radius 2 is 2.03 bits per heavy atom. The predicted molar refractivity (Wildman–Crippen MR) is 123 cm³/mol. The molecule has 0 bridgehead atoms. The highest BCUT2D eigenvalue weighted by atomic mass is 35.5. The van der Waals surface area contributed by atoms with E-state index in [1.165, 1.54) is 24.0 Å². The Kier molecular flexibility index (Phi) is 6.32. The highest BCUT2D eigenvalue weighted by Gasteiger charge is 2.24. The lowest BCUT2D eigenvalue weighted by atomic mass is 10.1. The van der Waals surface area contributed by atoms with E-state index in [0.717, 1.165) is 22.4 Å². The van der Waals surface area contributed by atoms with Crippen LogP contribution < -0.4 is 10.7 Å². The number of urea groups is 1. The first-order valence-corrected chi connectivity index (χ1v) is 10.5. The van der Waals surface area contributed by atoms with E-state index in [2.05, 4.69) is 25.8 Å². The van der Waals surface area contributed by atoms with Crippen LogP contribution in [0.3, 0.4) is 0 Å². The second-order valence-electron chi connectivity index (χ2n) is 7.59. The van der Waals surface area contributed by atoms with E-state index in [0.29, 0.717) is 31.0 Å². The molecule has 164 valence electrons. The van der Waals surface area contributed by atoms with Crippen molar-refractivity contribution in [2.24, 2.45) is 5.10 Å². The quantitative estimate of drug-likeness (QED) is 0.443. The van der Waals surface area contributed by atoms with Gasteiger partial charge in [-0.2, -0.15) is 5.10 Å². The maximum absolute atomic E-state index is 13.5. The number of aryl methyl sites for hydroxylation is 2. The summed E-state index contributed by atoms with van der Waals surface area (Å²) in [4.78, 5) is 22.9. The van der Waals surface area contributed by atoms with Crippen LogP contribution in [0.4, 0.5) is 20.7 Å². The van der Waals surface area contributed by atoms with E-state index < -0.39 is 5.82 Å². The molecular formula is C23H22ClFN6O. The van der Waals surface area contributed by atoms with Gasteiger partial charge in [0.15, 0.2) is 0 Å². The standard InChI is InChI=1S/C23H22ClFN6O/c1-14-3-4-16(9-15(14)2)11-28-30-23(32)31-8-7-21-18(12-31)22(27-13-26-21)29-17-5-6-20(25)19(24)10-17/h3-6,9-11,13H,7-8,12H2,1-2H3,(H,30,32)(H,26,27,29)/b28-11+. The highest BCUT2D eigenvalue weighted by molar-refractivity contribution is 6.31. The number of carbonyl (C=O) groups is 1. The molecule has 0 radical (unpaired) electrons. The summed E-state index contributed by atoms with van der Waals surface area (Å²) in [6.45, 7) is 4.91. The highest BCUT2D eigenvalue weighted by Crippen LogP contribution is 2.27. The minimum atomic E-state index is -0.494. The number of rotatable bonds is 4. The largest absolute Gasteiger partial charge is 0.340 e. The molecule has 0 atom stereocenters. The molecule has 0 aliphatic carbocycles. The zero-order chi connectivity index (χ0) is 22.7. The minimum Gasteiger partial charge on any atom is -0.340 e. The van der Waals surface area contributed by atoms with Crippen LogP contribution in [0.15, 0.2) is 47.8 Å². The maximum atomic E-state index is 13.5. The number of aromatic nitrogens is 2. The summed E-state index contributed by atoms with van der Waals surface area (Å²) < 4.78 is 13.5. The van der Waals surface area contributed by atoms with Crippen LogP contribution in [0, 0.1) is 19.7 Å². The van der Waals surface area contributed by atoms with Gasteiger partial charge in [0, 0.05) is 24.2 Å². The molecule has 32 heavy (non-hydrogen) atoms. The molecule has 1 aliphatic rings. The lowest BCUT2D eigenvalue weighted by Crippen LogP contribution is -2.41. The number of hydrogen-bond donors (Lipinski definition) is 2. The minimum absolute atomic E-state index is 0.0144. The fourth-order valence-corrected chi connectivity index (χ4v) is 3.59. The summed E-state index contributed by atoms with van der Waals surface area (Å²) in [5.74, 6) is 0.0555. The summed E-state index contributed by atoms with van der Waals surface area (Å²) in [6.07, 6.45) is 3.68. The average molecular weight is 453 g/mol. The van der Waals surface area contributed by atoms with Crippen LogP contribution in [-0.2, 0) is 13.0 Å². The second-order valence-corrected chi connectivity index (χ2v) is 8.00. The molecule has 4 rings (SSSR count). The molecule has 1 aromatic heterocycles. The van der Waals surface area contributed by atoms with Crippen LogP contribution in [0.2, 0.25) is 5.02 Å². The van der Waals surface area contributed by atoms with E-state index >= 15 is 0 Å². The molecule has 0 unspecified atom stereocenters. The number of hydrogen-bond acceptors (Lipinski definition) is 5. The van der Waals surface area contributed by atoms with Crippen molar-refractivity contribution >= 4 is 35.4 Å². The number of halogens is 2. The Balaban J connectivity index is 1.45. The molecule has 2 heterocycles. The van der Waals surface area contributed by atoms with Gasteiger partial charge < -0.3 is 10.2 Å². The summed E-state index contributed by atoms with van der Waals surface area (Å²) in [7, 11) is 0. The topological polar surface area (TPSA) is 82.5 Å². The molecular weight excluding hydrogens is 431 g/mol. The van der Waals surface area contributed by atoms with E-state index in [1.807, 2.05) is 32.0 Å². The maximum Gasteiger partial charge on any atom is 0.338 e. The third-order valence-corrected chi connectivity index (χ3v) is 5.67. The molecule has 0 fully saturated rings. The van der Waals surface area contributed by atoms with Gasteiger partial charge in [-0.05, 0) is 48.7 Å². The van der Waals surface area contributed by atoms with Crippen LogP contribution in [0.25, 0.3) is 0 Å². The Morgan fingerprint density at radius 3 is 2.81 bits per heavy atom. The van der Waals surface area contributed by atoms with Gasteiger partial charge in [-0.25, -0.2) is 24.6 Å². The van der Waals surface area contributed by atoms with Gasteiger partial charge in [0.05, 0.1) is 23.5 Å². The van der Waals surface area contributed by atoms with Crippen molar-refractivity contribution in [1.82, 2.24) is 20.3 Å². The molecule has 2 N–H and O–H groups in total. The number of anilines is 2. The number of fused-ring (bicyclic) bond motifs is 1. The molecule has 0 saturated heterocycles. The first kappa shape index (κ1) is 21.7. The number of benzene rings is 2. The van der Waals surface area contributed by atoms with Gasteiger partial charge >= 0.3 is 6.03 Å². The van der Waals surface area contributed by atoms with Crippen molar-refractivity contribution in [3.63, 3.8) is 0 Å². The van der Waals surface area contributed by atoms with Crippen molar-refractivity contribution in [1.29, 1.82) is 0 Å². The summed E-state index contributed by atoms with van der Waals surface area (Å²) in [5, 5.41) is 7.25. The molecule has 7 nitrogen and oxygen atoms in total. The molecule has 1 aliphatic heterocycles.